The number of hydrogen-bond acceptors (Lipinski definition) is 1. The first-order valence-electron chi connectivity index (χ1n) is 5.13. The number of rotatable bonds is 2. The minimum absolute atomic E-state index is 0.839. The van der Waals surface area contributed by atoms with E-state index < -0.39 is 0 Å². The van der Waals surface area contributed by atoms with E-state index in [1.54, 1.807) is 0 Å². The Kier molecular flexibility index (Phi) is 3.44. The van der Waals surface area contributed by atoms with E-state index in [4.69, 9.17) is 11.6 Å². The summed E-state index contributed by atoms with van der Waals surface area (Å²) in [6.07, 6.45) is 4.82. The van der Waals surface area contributed by atoms with Crippen molar-refractivity contribution in [2.75, 3.05) is 13.1 Å². The zero-order valence-corrected chi connectivity index (χ0v) is 9.00. The molecule has 0 amide bonds. The average Bonchev–Trinajstić information content (AvgIpc) is 2.19. The summed E-state index contributed by atoms with van der Waals surface area (Å²) in [4.78, 5) is 2.48. The van der Waals surface area contributed by atoms with Crippen molar-refractivity contribution in [3.63, 3.8) is 0 Å². The van der Waals surface area contributed by atoms with Crippen LogP contribution in [0.1, 0.15) is 18.4 Å². The van der Waals surface area contributed by atoms with Gasteiger partial charge in [-0.25, -0.2) is 0 Å². The first-order valence-corrected chi connectivity index (χ1v) is 5.51. The van der Waals surface area contributed by atoms with Gasteiger partial charge in [-0.05, 0) is 50.0 Å². The highest BCUT2D eigenvalue weighted by Gasteiger charge is 2.10. The molecule has 0 bridgehead atoms. The summed E-state index contributed by atoms with van der Waals surface area (Å²) in [7, 11) is 0. The molecular formula is C12H15ClN. The van der Waals surface area contributed by atoms with Crippen molar-refractivity contribution >= 4 is 11.6 Å². The smallest absolute Gasteiger partial charge is 0.0409 e. The van der Waals surface area contributed by atoms with Crippen LogP contribution in [0.4, 0.5) is 0 Å². The Morgan fingerprint density at radius 3 is 2.71 bits per heavy atom. The van der Waals surface area contributed by atoms with Gasteiger partial charge in [-0.1, -0.05) is 23.7 Å². The minimum Gasteiger partial charge on any atom is -0.299 e. The lowest BCUT2D eigenvalue weighted by Gasteiger charge is -2.26. The number of likely N-dealkylation sites (tertiary alicyclic amines) is 1. The van der Waals surface area contributed by atoms with Crippen molar-refractivity contribution in [1.29, 1.82) is 0 Å². The van der Waals surface area contributed by atoms with Gasteiger partial charge in [0, 0.05) is 11.6 Å². The second-order valence-corrected chi connectivity index (χ2v) is 4.21. The molecule has 0 atom stereocenters. The molecule has 0 spiro atoms. The zero-order chi connectivity index (χ0) is 9.80. The summed E-state index contributed by atoms with van der Waals surface area (Å²) >= 11 is 5.94. The van der Waals surface area contributed by atoms with Crippen LogP contribution in [0, 0.1) is 6.42 Å². The molecule has 0 aromatic heterocycles. The van der Waals surface area contributed by atoms with Crippen molar-refractivity contribution in [2.45, 2.75) is 19.4 Å². The van der Waals surface area contributed by atoms with Gasteiger partial charge in [-0.2, -0.15) is 0 Å². The summed E-state index contributed by atoms with van der Waals surface area (Å²) in [5, 5.41) is 0.839. The van der Waals surface area contributed by atoms with E-state index in [0.29, 0.717) is 0 Å². The Bertz CT molecular complexity index is 292. The molecule has 0 saturated carbocycles. The van der Waals surface area contributed by atoms with Crippen LogP contribution in [0.25, 0.3) is 0 Å². The summed E-state index contributed by atoms with van der Waals surface area (Å²) in [6, 6.07) is 8.15. The van der Waals surface area contributed by atoms with Crippen LogP contribution in [-0.4, -0.2) is 18.0 Å². The maximum absolute atomic E-state index is 5.94. The molecular weight excluding hydrogens is 194 g/mol. The lowest BCUT2D eigenvalue weighted by Crippen LogP contribution is -2.29. The molecule has 1 aromatic rings. The quantitative estimate of drug-likeness (QED) is 0.722. The van der Waals surface area contributed by atoms with Gasteiger partial charge >= 0.3 is 0 Å². The number of nitrogens with zero attached hydrogens (tertiary/aromatic N) is 1. The third kappa shape index (κ3) is 2.73. The second kappa shape index (κ2) is 4.81. The van der Waals surface area contributed by atoms with Gasteiger partial charge in [0.15, 0.2) is 0 Å². The van der Waals surface area contributed by atoms with Crippen LogP contribution in [0.15, 0.2) is 24.3 Å². The minimum atomic E-state index is 0.839. The van der Waals surface area contributed by atoms with E-state index >= 15 is 0 Å². The summed E-state index contributed by atoms with van der Waals surface area (Å²) in [6.45, 7) is 3.41. The lowest BCUT2D eigenvalue weighted by molar-refractivity contribution is 0.246. The van der Waals surface area contributed by atoms with E-state index in [1.165, 1.54) is 31.5 Å². The summed E-state index contributed by atoms with van der Waals surface area (Å²) < 4.78 is 0. The molecule has 0 unspecified atom stereocenters. The van der Waals surface area contributed by atoms with Crippen molar-refractivity contribution in [2.24, 2.45) is 0 Å². The predicted octanol–water partition coefficient (Wildman–Crippen LogP) is 3.14. The van der Waals surface area contributed by atoms with Crippen LogP contribution in [0.5, 0.6) is 0 Å². The largest absolute Gasteiger partial charge is 0.299 e. The molecule has 75 valence electrons. The zero-order valence-electron chi connectivity index (χ0n) is 8.25. The molecule has 1 heterocycles. The molecule has 0 N–H and O–H groups in total. The third-order valence-corrected chi connectivity index (χ3v) is 2.83. The van der Waals surface area contributed by atoms with E-state index in [9.17, 15) is 0 Å². The Morgan fingerprint density at radius 2 is 2.00 bits per heavy atom. The highest BCUT2D eigenvalue weighted by atomic mass is 35.5. The first-order chi connectivity index (χ1) is 6.84. The SMILES string of the molecule is Clc1cccc(CN2CC[CH]CC2)c1. The van der Waals surface area contributed by atoms with E-state index in [1.807, 2.05) is 12.1 Å². The third-order valence-electron chi connectivity index (χ3n) is 2.59. The number of halogens is 1. The first kappa shape index (κ1) is 10.0. The number of hydrogen-bond donors (Lipinski definition) is 0. The highest BCUT2D eigenvalue weighted by molar-refractivity contribution is 6.30. The van der Waals surface area contributed by atoms with Gasteiger partial charge in [0.25, 0.3) is 0 Å². The molecule has 1 aliphatic rings. The molecule has 0 aliphatic carbocycles. The molecule has 1 radical (unpaired) electrons. The maximum Gasteiger partial charge on any atom is 0.0409 e. The molecule has 2 heteroatoms. The van der Waals surface area contributed by atoms with Crippen LogP contribution >= 0.6 is 11.6 Å². The van der Waals surface area contributed by atoms with Crippen molar-refractivity contribution < 1.29 is 0 Å². The fourth-order valence-electron chi connectivity index (χ4n) is 1.86. The Hall–Kier alpha value is -0.530. The fraction of sp³-hybridized carbons (Fsp3) is 0.417. The van der Waals surface area contributed by atoms with Gasteiger partial charge in [-0.3, -0.25) is 4.90 Å². The van der Waals surface area contributed by atoms with Gasteiger partial charge in [0.05, 0.1) is 0 Å². The Balaban J connectivity index is 1.95. The average molecular weight is 209 g/mol. The topological polar surface area (TPSA) is 3.24 Å². The summed E-state index contributed by atoms with van der Waals surface area (Å²) in [5.41, 5.74) is 1.32. The van der Waals surface area contributed by atoms with Crippen LogP contribution in [0.3, 0.4) is 0 Å². The van der Waals surface area contributed by atoms with E-state index in [-0.39, 0.29) is 0 Å². The van der Waals surface area contributed by atoms with Crippen LogP contribution in [0.2, 0.25) is 5.02 Å². The van der Waals surface area contributed by atoms with Crippen molar-refractivity contribution in [1.82, 2.24) is 4.90 Å². The molecule has 2 rings (SSSR count). The van der Waals surface area contributed by atoms with E-state index in [2.05, 4.69) is 23.5 Å². The van der Waals surface area contributed by atoms with Gasteiger partial charge in [-0.15, -0.1) is 0 Å². The van der Waals surface area contributed by atoms with Crippen molar-refractivity contribution in [3.8, 4) is 0 Å². The highest BCUT2D eigenvalue weighted by Crippen LogP contribution is 2.15. The fourth-order valence-corrected chi connectivity index (χ4v) is 2.07. The predicted molar refractivity (Wildman–Crippen MR) is 60.3 cm³/mol. The molecule has 1 fully saturated rings. The Labute approximate surface area is 90.7 Å². The molecule has 1 aromatic carbocycles. The second-order valence-electron chi connectivity index (χ2n) is 3.77. The van der Waals surface area contributed by atoms with E-state index in [0.717, 1.165) is 11.6 Å². The molecule has 14 heavy (non-hydrogen) atoms. The molecule has 1 saturated heterocycles. The van der Waals surface area contributed by atoms with Crippen molar-refractivity contribution in [3.05, 3.63) is 41.3 Å². The van der Waals surface area contributed by atoms with Crippen LogP contribution in [-0.2, 0) is 6.54 Å². The standard InChI is InChI=1S/C12H15ClN/c13-12-6-4-5-11(9-12)10-14-7-2-1-3-8-14/h1,4-6,9H,2-3,7-8,10H2. The monoisotopic (exact) mass is 208 g/mol. The lowest BCUT2D eigenvalue weighted by atomic mass is 10.1. The maximum atomic E-state index is 5.94. The van der Waals surface area contributed by atoms with Gasteiger partial charge in [0.1, 0.15) is 0 Å². The Morgan fingerprint density at radius 1 is 1.21 bits per heavy atom. The molecule has 1 aliphatic heterocycles. The molecule has 1 nitrogen and oxygen atoms in total. The number of piperidine rings is 1. The van der Waals surface area contributed by atoms with Gasteiger partial charge in [0.2, 0.25) is 0 Å². The normalized spacial score (nSPS) is 18.4. The van der Waals surface area contributed by atoms with Crippen LogP contribution < -0.4 is 0 Å². The van der Waals surface area contributed by atoms with Gasteiger partial charge < -0.3 is 0 Å². The summed E-state index contributed by atoms with van der Waals surface area (Å²) in [5.74, 6) is 0. The number of benzene rings is 1.